The second kappa shape index (κ2) is 6.21. The van der Waals surface area contributed by atoms with Gasteiger partial charge < -0.3 is 9.73 Å². The quantitative estimate of drug-likeness (QED) is 0.900. The number of nitrogens with zero attached hydrogens (tertiary/aromatic N) is 1. The van der Waals surface area contributed by atoms with E-state index in [9.17, 15) is 4.39 Å². The van der Waals surface area contributed by atoms with Crippen molar-refractivity contribution in [2.45, 2.75) is 36.9 Å². The van der Waals surface area contributed by atoms with Gasteiger partial charge in [-0.1, -0.05) is 13.0 Å². The highest BCUT2D eigenvalue weighted by Gasteiger charge is 2.11. The third kappa shape index (κ3) is 3.58. The predicted octanol–water partition coefficient (Wildman–Crippen LogP) is 3.94. The maximum atomic E-state index is 14.0. The van der Waals surface area contributed by atoms with Crippen molar-refractivity contribution in [3.05, 3.63) is 41.5 Å². The van der Waals surface area contributed by atoms with Crippen molar-refractivity contribution in [3.63, 3.8) is 0 Å². The molecule has 0 fully saturated rings. The number of aromatic nitrogens is 1. The molecular weight excluding hydrogens is 263 g/mol. The van der Waals surface area contributed by atoms with Crippen molar-refractivity contribution in [2.75, 3.05) is 6.54 Å². The molecule has 102 valence electrons. The lowest BCUT2D eigenvalue weighted by atomic mass is 10.1. The van der Waals surface area contributed by atoms with Gasteiger partial charge in [0.1, 0.15) is 12.1 Å². The van der Waals surface area contributed by atoms with E-state index in [0.29, 0.717) is 10.1 Å². The molecule has 1 aromatic carbocycles. The summed E-state index contributed by atoms with van der Waals surface area (Å²) in [6.45, 7) is 6.74. The van der Waals surface area contributed by atoms with Crippen LogP contribution >= 0.6 is 11.8 Å². The largest absolute Gasteiger partial charge is 0.439 e. The van der Waals surface area contributed by atoms with E-state index in [2.05, 4.69) is 10.3 Å². The average Bonchev–Trinajstić information content (AvgIpc) is 2.78. The topological polar surface area (TPSA) is 38.1 Å². The number of oxazole rings is 1. The van der Waals surface area contributed by atoms with Gasteiger partial charge in [0.25, 0.3) is 5.22 Å². The van der Waals surface area contributed by atoms with Gasteiger partial charge in [0, 0.05) is 6.04 Å². The SMILES string of the molecule is CCNC(C)c1ccc(Sc2nc(C)co2)c(F)c1. The van der Waals surface area contributed by atoms with Gasteiger partial charge in [-0.25, -0.2) is 9.37 Å². The van der Waals surface area contributed by atoms with Gasteiger partial charge in [-0.05, 0) is 49.9 Å². The molecule has 0 radical (unpaired) electrons. The normalized spacial score (nSPS) is 12.6. The van der Waals surface area contributed by atoms with Crippen LogP contribution in [0.2, 0.25) is 0 Å². The molecule has 0 aliphatic carbocycles. The first-order valence-electron chi connectivity index (χ1n) is 6.23. The summed E-state index contributed by atoms with van der Waals surface area (Å²) in [5.74, 6) is -0.247. The van der Waals surface area contributed by atoms with E-state index in [-0.39, 0.29) is 11.9 Å². The third-order valence-electron chi connectivity index (χ3n) is 2.76. The Labute approximate surface area is 116 Å². The molecule has 0 bridgehead atoms. The summed E-state index contributed by atoms with van der Waals surface area (Å²) in [5.41, 5.74) is 1.73. The van der Waals surface area contributed by atoms with Crippen LogP contribution in [0.25, 0.3) is 0 Å². The van der Waals surface area contributed by atoms with Crippen molar-refractivity contribution in [1.29, 1.82) is 0 Å². The molecule has 3 nitrogen and oxygen atoms in total. The molecule has 0 aliphatic rings. The van der Waals surface area contributed by atoms with Crippen molar-refractivity contribution < 1.29 is 8.81 Å². The number of halogens is 1. The van der Waals surface area contributed by atoms with Crippen LogP contribution in [-0.2, 0) is 0 Å². The minimum Gasteiger partial charge on any atom is -0.439 e. The Morgan fingerprint density at radius 3 is 2.84 bits per heavy atom. The predicted molar refractivity (Wildman–Crippen MR) is 73.9 cm³/mol. The molecule has 1 unspecified atom stereocenters. The first kappa shape index (κ1) is 14.1. The van der Waals surface area contributed by atoms with Gasteiger partial charge in [0.15, 0.2) is 0 Å². The molecule has 0 saturated carbocycles. The lowest BCUT2D eigenvalue weighted by Crippen LogP contribution is -2.17. The molecule has 1 heterocycles. The summed E-state index contributed by atoms with van der Waals surface area (Å²) < 4.78 is 19.2. The third-order valence-corrected chi connectivity index (χ3v) is 3.67. The van der Waals surface area contributed by atoms with Crippen LogP contribution in [0.5, 0.6) is 0 Å². The molecule has 1 N–H and O–H groups in total. The number of nitrogens with one attached hydrogen (secondary N) is 1. The molecule has 0 amide bonds. The average molecular weight is 280 g/mol. The van der Waals surface area contributed by atoms with E-state index in [0.717, 1.165) is 17.8 Å². The fourth-order valence-corrected chi connectivity index (χ4v) is 2.53. The molecule has 1 aromatic heterocycles. The van der Waals surface area contributed by atoms with E-state index < -0.39 is 0 Å². The number of benzene rings is 1. The van der Waals surface area contributed by atoms with Gasteiger partial charge in [0.2, 0.25) is 0 Å². The Balaban J connectivity index is 2.15. The molecule has 1 atom stereocenters. The minimum atomic E-state index is -0.247. The zero-order valence-electron chi connectivity index (χ0n) is 11.2. The fourth-order valence-electron chi connectivity index (χ4n) is 1.77. The van der Waals surface area contributed by atoms with Crippen LogP contribution in [-0.4, -0.2) is 11.5 Å². The number of hydrogen-bond donors (Lipinski definition) is 1. The van der Waals surface area contributed by atoms with Crippen LogP contribution in [0.1, 0.15) is 31.1 Å². The minimum absolute atomic E-state index is 0.141. The van der Waals surface area contributed by atoms with Gasteiger partial charge in [-0.2, -0.15) is 0 Å². The second-order valence-corrected chi connectivity index (χ2v) is 5.32. The maximum Gasteiger partial charge on any atom is 0.260 e. The number of rotatable bonds is 5. The molecule has 2 rings (SSSR count). The van der Waals surface area contributed by atoms with Crippen LogP contribution < -0.4 is 5.32 Å². The Hall–Kier alpha value is -1.33. The molecular formula is C14H17FN2OS. The highest BCUT2D eigenvalue weighted by molar-refractivity contribution is 7.99. The summed E-state index contributed by atoms with van der Waals surface area (Å²) in [4.78, 5) is 4.67. The zero-order chi connectivity index (χ0) is 13.8. The fraction of sp³-hybridized carbons (Fsp3) is 0.357. The summed E-state index contributed by atoms with van der Waals surface area (Å²) in [7, 11) is 0. The van der Waals surface area contributed by atoms with Gasteiger partial charge in [0.05, 0.1) is 10.6 Å². The van der Waals surface area contributed by atoms with Crippen molar-refractivity contribution in [3.8, 4) is 0 Å². The Morgan fingerprint density at radius 2 is 2.26 bits per heavy atom. The van der Waals surface area contributed by atoms with E-state index >= 15 is 0 Å². The maximum absolute atomic E-state index is 14.0. The molecule has 0 spiro atoms. The van der Waals surface area contributed by atoms with Crippen LogP contribution in [0.3, 0.4) is 0 Å². The lowest BCUT2D eigenvalue weighted by Gasteiger charge is -2.13. The van der Waals surface area contributed by atoms with E-state index in [1.54, 1.807) is 18.4 Å². The number of hydrogen-bond acceptors (Lipinski definition) is 4. The van der Waals surface area contributed by atoms with Gasteiger partial charge >= 0.3 is 0 Å². The van der Waals surface area contributed by atoms with Crippen LogP contribution in [0.15, 0.2) is 39.0 Å². The first-order chi connectivity index (χ1) is 9.10. The summed E-state index contributed by atoms with van der Waals surface area (Å²) in [5, 5.41) is 3.72. The summed E-state index contributed by atoms with van der Waals surface area (Å²) >= 11 is 1.20. The van der Waals surface area contributed by atoms with E-state index in [1.165, 1.54) is 11.8 Å². The summed E-state index contributed by atoms with van der Waals surface area (Å²) in [6.07, 6.45) is 1.56. The smallest absolute Gasteiger partial charge is 0.260 e. The molecule has 19 heavy (non-hydrogen) atoms. The number of aryl methyl sites for hydroxylation is 1. The lowest BCUT2D eigenvalue weighted by molar-refractivity contribution is 0.453. The molecule has 0 saturated heterocycles. The highest BCUT2D eigenvalue weighted by atomic mass is 32.2. The Kier molecular flexibility index (Phi) is 4.61. The first-order valence-corrected chi connectivity index (χ1v) is 7.04. The molecule has 0 aliphatic heterocycles. The summed E-state index contributed by atoms with van der Waals surface area (Å²) in [6, 6.07) is 5.39. The Morgan fingerprint density at radius 1 is 1.47 bits per heavy atom. The van der Waals surface area contributed by atoms with E-state index in [4.69, 9.17) is 4.42 Å². The van der Waals surface area contributed by atoms with Crippen molar-refractivity contribution in [2.24, 2.45) is 0 Å². The standard InChI is InChI=1S/C14H17FN2OS/c1-4-16-10(3)11-5-6-13(12(15)7-11)19-14-17-9(2)8-18-14/h5-8,10,16H,4H2,1-3H3. The van der Waals surface area contributed by atoms with Crippen LogP contribution in [0, 0.1) is 12.7 Å². The van der Waals surface area contributed by atoms with Gasteiger partial charge in [-0.15, -0.1) is 0 Å². The highest BCUT2D eigenvalue weighted by Crippen LogP contribution is 2.30. The monoisotopic (exact) mass is 280 g/mol. The van der Waals surface area contributed by atoms with Crippen LogP contribution in [0.4, 0.5) is 4.39 Å². The van der Waals surface area contributed by atoms with E-state index in [1.807, 2.05) is 26.8 Å². The zero-order valence-corrected chi connectivity index (χ0v) is 12.1. The second-order valence-electron chi connectivity index (χ2n) is 4.33. The van der Waals surface area contributed by atoms with Gasteiger partial charge in [-0.3, -0.25) is 0 Å². The molecule has 2 aromatic rings. The van der Waals surface area contributed by atoms with Crippen molar-refractivity contribution >= 4 is 11.8 Å². The molecule has 5 heteroatoms. The van der Waals surface area contributed by atoms with Crippen molar-refractivity contribution in [1.82, 2.24) is 10.3 Å². The Bertz CT molecular complexity index is 556.